The van der Waals surface area contributed by atoms with E-state index in [0.717, 1.165) is 16.7 Å². The normalized spacial score (nSPS) is 16.5. The van der Waals surface area contributed by atoms with E-state index in [2.05, 4.69) is 19.2 Å². The monoisotopic (exact) mass is 323 g/mol. The van der Waals surface area contributed by atoms with Gasteiger partial charge in [0.05, 0.1) is 5.56 Å². The van der Waals surface area contributed by atoms with Gasteiger partial charge in [-0.1, -0.05) is 38.1 Å². The van der Waals surface area contributed by atoms with Crippen LogP contribution in [0.15, 0.2) is 42.5 Å². The molecule has 4 heteroatoms. The van der Waals surface area contributed by atoms with Crippen LogP contribution < -0.4 is 5.32 Å². The zero-order chi connectivity index (χ0) is 17.3. The zero-order valence-corrected chi connectivity index (χ0v) is 14.1. The molecule has 1 heterocycles. The van der Waals surface area contributed by atoms with E-state index >= 15 is 0 Å². The number of carbonyl (C=O) groups is 2. The molecule has 0 saturated carbocycles. The summed E-state index contributed by atoms with van der Waals surface area (Å²) in [6.07, 6.45) is -0.396. The van der Waals surface area contributed by atoms with Gasteiger partial charge in [-0.25, -0.2) is 4.79 Å². The highest BCUT2D eigenvalue weighted by atomic mass is 16.5. The number of nitrogens with one attached hydrogen (secondary N) is 1. The standard InChI is InChI=1S/C20H21NO3/c1-12(2)14-7-8-17-15(10-14)11-18(24-20(17)23)19(22)21-16-6-4-5-13(3)9-16/h4-10,12,18H,11H2,1-3H3,(H,21,22). The van der Waals surface area contributed by atoms with Crippen LogP contribution in [0.2, 0.25) is 0 Å². The minimum Gasteiger partial charge on any atom is -0.448 e. The molecule has 0 saturated heterocycles. The van der Waals surface area contributed by atoms with E-state index in [1.807, 2.05) is 43.3 Å². The molecule has 1 N–H and O–H groups in total. The minimum absolute atomic E-state index is 0.297. The Balaban J connectivity index is 1.80. The summed E-state index contributed by atoms with van der Waals surface area (Å²) in [5.41, 5.74) is 4.35. The van der Waals surface area contributed by atoms with Gasteiger partial charge in [0.2, 0.25) is 0 Å². The fraction of sp³-hybridized carbons (Fsp3) is 0.300. The molecule has 4 nitrogen and oxygen atoms in total. The minimum atomic E-state index is -0.798. The molecular formula is C20H21NO3. The Hall–Kier alpha value is -2.62. The summed E-state index contributed by atoms with van der Waals surface area (Å²) in [7, 11) is 0. The van der Waals surface area contributed by atoms with E-state index in [9.17, 15) is 9.59 Å². The molecule has 0 radical (unpaired) electrons. The summed E-state index contributed by atoms with van der Waals surface area (Å²) in [6.45, 7) is 6.16. The molecule has 2 aromatic carbocycles. The van der Waals surface area contributed by atoms with Gasteiger partial charge in [-0.05, 0) is 47.7 Å². The van der Waals surface area contributed by atoms with Crippen molar-refractivity contribution in [2.24, 2.45) is 0 Å². The molecule has 0 bridgehead atoms. The number of ether oxygens (including phenoxy) is 1. The van der Waals surface area contributed by atoms with Crippen molar-refractivity contribution in [3.8, 4) is 0 Å². The molecule has 3 rings (SSSR count). The van der Waals surface area contributed by atoms with Gasteiger partial charge in [-0.2, -0.15) is 0 Å². The Bertz CT molecular complexity index is 795. The average molecular weight is 323 g/mol. The van der Waals surface area contributed by atoms with Crippen molar-refractivity contribution < 1.29 is 14.3 Å². The van der Waals surface area contributed by atoms with Gasteiger partial charge >= 0.3 is 5.97 Å². The van der Waals surface area contributed by atoms with Gasteiger partial charge in [0.25, 0.3) is 5.91 Å². The molecule has 124 valence electrons. The Kier molecular flexibility index (Phi) is 4.38. The molecule has 0 spiro atoms. The lowest BCUT2D eigenvalue weighted by molar-refractivity contribution is -0.125. The predicted octanol–water partition coefficient (Wildman–Crippen LogP) is 3.84. The SMILES string of the molecule is Cc1cccc(NC(=O)C2Cc3cc(C(C)C)ccc3C(=O)O2)c1. The first-order chi connectivity index (χ1) is 11.4. The lowest BCUT2D eigenvalue weighted by atomic mass is 9.92. The second kappa shape index (κ2) is 6.48. The number of amides is 1. The van der Waals surface area contributed by atoms with Crippen LogP contribution >= 0.6 is 0 Å². The quantitative estimate of drug-likeness (QED) is 0.873. The lowest BCUT2D eigenvalue weighted by Crippen LogP contribution is -2.38. The fourth-order valence-corrected chi connectivity index (χ4v) is 2.87. The van der Waals surface area contributed by atoms with Crippen LogP contribution in [0.3, 0.4) is 0 Å². The average Bonchev–Trinajstić information content (AvgIpc) is 2.54. The highest BCUT2D eigenvalue weighted by Gasteiger charge is 2.31. The molecule has 0 aliphatic carbocycles. The first kappa shape index (κ1) is 16.2. The van der Waals surface area contributed by atoms with Crippen LogP contribution in [0.1, 0.15) is 46.8 Å². The van der Waals surface area contributed by atoms with E-state index in [4.69, 9.17) is 4.74 Å². The molecule has 1 aliphatic heterocycles. The molecule has 1 atom stereocenters. The van der Waals surface area contributed by atoms with E-state index in [1.54, 1.807) is 6.07 Å². The summed E-state index contributed by atoms with van der Waals surface area (Å²) in [4.78, 5) is 24.7. The summed E-state index contributed by atoms with van der Waals surface area (Å²) in [6, 6.07) is 13.3. The molecule has 1 aliphatic rings. The molecule has 1 amide bonds. The van der Waals surface area contributed by atoms with Crippen LogP contribution in [0.4, 0.5) is 5.69 Å². The third-order valence-corrected chi connectivity index (χ3v) is 4.25. The van der Waals surface area contributed by atoms with Crippen LogP contribution in [0, 0.1) is 6.92 Å². The van der Waals surface area contributed by atoms with Crippen molar-refractivity contribution in [3.63, 3.8) is 0 Å². The van der Waals surface area contributed by atoms with Gasteiger partial charge in [-0.3, -0.25) is 4.79 Å². The molecule has 0 aromatic heterocycles. The van der Waals surface area contributed by atoms with Crippen molar-refractivity contribution in [1.29, 1.82) is 0 Å². The summed E-state index contributed by atoms with van der Waals surface area (Å²) >= 11 is 0. The number of hydrogen-bond donors (Lipinski definition) is 1. The highest BCUT2D eigenvalue weighted by molar-refractivity contribution is 6.00. The fourth-order valence-electron chi connectivity index (χ4n) is 2.87. The van der Waals surface area contributed by atoms with Gasteiger partial charge in [0.1, 0.15) is 0 Å². The summed E-state index contributed by atoms with van der Waals surface area (Å²) in [5.74, 6) is -0.363. The number of cyclic esters (lactones) is 1. The van der Waals surface area contributed by atoms with Crippen molar-refractivity contribution in [2.75, 3.05) is 5.32 Å². The van der Waals surface area contributed by atoms with Crippen molar-refractivity contribution in [3.05, 3.63) is 64.7 Å². The second-order valence-electron chi connectivity index (χ2n) is 6.53. The number of carbonyl (C=O) groups excluding carboxylic acids is 2. The number of esters is 1. The van der Waals surface area contributed by atoms with Crippen molar-refractivity contribution in [1.82, 2.24) is 0 Å². The number of anilines is 1. The number of fused-ring (bicyclic) bond motifs is 1. The topological polar surface area (TPSA) is 55.4 Å². The van der Waals surface area contributed by atoms with Crippen LogP contribution in [-0.4, -0.2) is 18.0 Å². The van der Waals surface area contributed by atoms with Gasteiger partial charge in [0, 0.05) is 12.1 Å². The Labute approximate surface area is 141 Å². The first-order valence-corrected chi connectivity index (χ1v) is 8.15. The third-order valence-electron chi connectivity index (χ3n) is 4.25. The van der Waals surface area contributed by atoms with E-state index in [1.165, 1.54) is 0 Å². The molecule has 24 heavy (non-hydrogen) atoms. The maximum absolute atomic E-state index is 12.5. The Morgan fingerprint density at radius 2 is 2.00 bits per heavy atom. The van der Waals surface area contributed by atoms with E-state index < -0.39 is 12.1 Å². The maximum Gasteiger partial charge on any atom is 0.339 e. The maximum atomic E-state index is 12.5. The largest absolute Gasteiger partial charge is 0.448 e. The second-order valence-corrected chi connectivity index (χ2v) is 6.53. The van der Waals surface area contributed by atoms with Crippen molar-refractivity contribution in [2.45, 2.75) is 39.2 Å². The van der Waals surface area contributed by atoms with Crippen LogP contribution in [0.5, 0.6) is 0 Å². The van der Waals surface area contributed by atoms with E-state index in [-0.39, 0.29) is 5.91 Å². The van der Waals surface area contributed by atoms with E-state index in [0.29, 0.717) is 23.6 Å². The summed E-state index contributed by atoms with van der Waals surface area (Å²) in [5, 5.41) is 2.83. The number of benzene rings is 2. The Morgan fingerprint density at radius 3 is 2.71 bits per heavy atom. The number of hydrogen-bond acceptors (Lipinski definition) is 3. The first-order valence-electron chi connectivity index (χ1n) is 8.15. The summed E-state index contributed by atoms with van der Waals surface area (Å²) < 4.78 is 5.33. The number of rotatable bonds is 3. The zero-order valence-electron chi connectivity index (χ0n) is 14.1. The highest BCUT2D eigenvalue weighted by Crippen LogP contribution is 2.26. The van der Waals surface area contributed by atoms with Crippen LogP contribution in [-0.2, 0) is 16.0 Å². The molecule has 0 fully saturated rings. The van der Waals surface area contributed by atoms with Crippen molar-refractivity contribution >= 4 is 17.6 Å². The Morgan fingerprint density at radius 1 is 1.21 bits per heavy atom. The number of aryl methyl sites for hydroxylation is 1. The third kappa shape index (κ3) is 3.32. The smallest absolute Gasteiger partial charge is 0.339 e. The predicted molar refractivity (Wildman–Crippen MR) is 93.2 cm³/mol. The van der Waals surface area contributed by atoms with Gasteiger partial charge < -0.3 is 10.1 Å². The van der Waals surface area contributed by atoms with Gasteiger partial charge in [0.15, 0.2) is 6.10 Å². The molecule has 2 aromatic rings. The molecular weight excluding hydrogens is 302 g/mol. The van der Waals surface area contributed by atoms with Gasteiger partial charge in [-0.15, -0.1) is 0 Å². The molecule has 1 unspecified atom stereocenters. The lowest BCUT2D eigenvalue weighted by Gasteiger charge is -2.25. The van der Waals surface area contributed by atoms with Crippen LogP contribution in [0.25, 0.3) is 0 Å².